The zero-order valence-corrected chi connectivity index (χ0v) is 19.9. The maximum Gasteiger partial charge on any atom is 0.436 e. The van der Waals surface area contributed by atoms with Gasteiger partial charge in [-0.3, -0.25) is 14.4 Å². The van der Waals surface area contributed by atoms with Crippen LogP contribution in [0.5, 0.6) is 0 Å². The van der Waals surface area contributed by atoms with Crippen LogP contribution in [0.1, 0.15) is 43.6 Å². The predicted octanol–water partition coefficient (Wildman–Crippen LogP) is 5.38. The van der Waals surface area contributed by atoms with E-state index in [1.54, 1.807) is 4.90 Å². The smallest absolute Gasteiger partial charge is 0.341 e. The van der Waals surface area contributed by atoms with Gasteiger partial charge in [0.05, 0.1) is 10.7 Å². The highest BCUT2D eigenvalue weighted by Gasteiger charge is 2.42. The molecule has 0 bridgehead atoms. The summed E-state index contributed by atoms with van der Waals surface area (Å²) in [5, 5.41) is 3.75. The third kappa shape index (κ3) is 4.77. The standard InChI is InChI=1S/C22H27Cl2F3N4O/c1-4-30(5-2)21(16-6-8-17(23)9-7-16)10-12-29(13-11-21)18(32)14-31-15(3)19(24)20(28-31)22(25,26)27/h6-9H,4-5,10-14H2,1-3H3. The number of carbonyl (C=O) groups excluding carboxylic acids is 1. The number of carbonyl (C=O) groups is 1. The number of hydrogen-bond acceptors (Lipinski definition) is 3. The molecule has 0 unspecified atom stereocenters. The molecule has 0 saturated carbocycles. The normalized spacial score (nSPS) is 16.6. The van der Waals surface area contributed by atoms with E-state index in [2.05, 4.69) is 23.8 Å². The van der Waals surface area contributed by atoms with Crippen molar-refractivity contribution < 1.29 is 18.0 Å². The van der Waals surface area contributed by atoms with Gasteiger partial charge in [-0.05, 0) is 50.6 Å². The Hall–Kier alpha value is -1.77. The second-order valence-corrected chi connectivity index (χ2v) is 8.81. The van der Waals surface area contributed by atoms with E-state index in [4.69, 9.17) is 23.2 Å². The van der Waals surface area contributed by atoms with Gasteiger partial charge in [-0.25, -0.2) is 0 Å². The number of likely N-dealkylation sites (tertiary alicyclic amines) is 1. The topological polar surface area (TPSA) is 41.4 Å². The van der Waals surface area contributed by atoms with Crippen molar-refractivity contribution in [2.45, 2.75) is 51.9 Å². The van der Waals surface area contributed by atoms with Gasteiger partial charge in [0.1, 0.15) is 6.54 Å². The van der Waals surface area contributed by atoms with Crippen LogP contribution in [0, 0.1) is 6.92 Å². The summed E-state index contributed by atoms with van der Waals surface area (Å²) in [4.78, 5) is 17.0. The molecule has 1 aliphatic heterocycles. The van der Waals surface area contributed by atoms with Crippen LogP contribution in [-0.4, -0.2) is 51.7 Å². The molecular weight excluding hydrogens is 464 g/mol. The molecule has 0 N–H and O–H groups in total. The summed E-state index contributed by atoms with van der Waals surface area (Å²) in [7, 11) is 0. The van der Waals surface area contributed by atoms with Crippen LogP contribution in [0.4, 0.5) is 13.2 Å². The number of aromatic nitrogens is 2. The van der Waals surface area contributed by atoms with Crippen LogP contribution >= 0.6 is 23.2 Å². The molecular formula is C22H27Cl2F3N4O. The van der Waals surface area contributed by atoms with Crippen molar-refractivity contribution in [1.82, 2.24) is 19.6 Å². The first-order valence-electron chi connectivity index (χ1n) is 10.6. The maximum atomic E-state index is 13.1. The molecule has 1 aliphatic rings. The van der Waals surface area contributed by atoms with Gasteiger partial charge in [0, 0.05) is 23.7 Å². The van der Waals surface area contributed by atoms with E-state index in [1.807, 2.05) is 24.3 Å². The first kappa shape index (κ1) is 24.9. The number of piperidine rings is 1. The van der Waals surface area contributed by atoms with Crippen molar-refractivity contribution in [3.8, 4) is 0 Å². The second-order valence-electron chi connectivity index (χ2n) is 7.99. The van der Waals surface area contributed by atoms with Crippen LogP contribution in [0.25, 0.3) is 0 Å². The lowest BCUT2D eigenvalue weighted by Crippen LogP contribution is -2.54. The molecule has 176 valence electrons. The Morgan fingerprint density at radius 2 is 1.69 bits per heavy atom. The Morgan fingerprint density at radius 1 is 1.12 bits per heavy atom. The number of rotatable bonds is 6. The summed E-state index contributed by atoms with van der Waals surface area (Å²) in [5.41, 5.74) is -0.101. The van der Waals surface area contributed by atoms with Crippen molar-refractivity contribution >= 4 is 29.1 Å². The van der Waals surface area contributed by atoms with Crippen LogP contribution in [0.15, 0.2) is 24.3 Å². The second kappa shape index (κ2) is 9.61. The summed E-state index contributed by atoms with van der Waals surface area (Å²) in [5.74, 6) is -0.273. The average molecular weight is 491 g/mol. The van der Waals surface area contributed by atoms with Crippen LogP contribution in [-0.2, 0) is 23.1 Å². The summed E-state index contributed by atoms with van der Waals surface area (Å²) < 4.78 is 40.3. The van der Waals surface area contributed by atoms with E-state index in [9.17, 15) is 18.0 Å². The summed E-state index contributed by atoms with van der Waals surface area (Å²) in [6, 6.07) is 7.82. The van der Waals surface area contributed by atoms with Crippen molar-refractivity contribution in [3.05, 3.63) is 51.3 Å². The lowest BCUT2D eigenvalue weighted by atomic mass is 9.79. The van der Waals surface area contributed by atoms with Gasteiger partial charge in [0.2, 0.25) is 5.91 Å². The number of nitrogens with zero attached hydrogens (tertiary/aromatic N) is 4. The Morgan fingerprint density at radius 3 is 2.16 bits per heavy atom. The fraction of sp³-hybridized carbons (Fsp3) is 0.545. The summed E-state index contributed by atoms with van der Waals surface area (Å²) in [6.45, 7) is 8.09. The van der Waals surface area contributed by atoms with Crippen molar-refractivity contribution in [2.24, 2.45) is 0 Å². The molecule has 0 aliphatic carbocycles. The Balaban J connectivity index is 1.77. The number of halogens is 5. The zero-order valence-electron chi connectivity index (χ0n) is 18.3. The molecule has 0 spiro atoms. The summed E-state index contributed by atoms with van der Waals surface area (Å²) in [6.07, 6.45) is -3.23. The number of benzene rings is 1. The fourth-order valence-electron chi connectivity index (χ4n) is 4.59. The minimum absolute atomic E-state index is 0.128. The highest BCUT2D eigenvalue weighted by molar-refractivity contribution is 6.32. The Kier molecular flexibility index (Phi) is 7.47. The first-order valence-corrected chi connectivity index (χ1v) is 11.4. The van der Waals surface area contributed by atoms with Crippen molar-refractivity contribution in [3.63, 3.8) is 0 Å². The number of hydrogen-bond donors (Lipinski definition) is 0. The van der Waals surface area contributed by atoms with E-state index in [1.165, 1.54) is 6.92 Å². The maximum absolute atomic E-state index is 13.1. The van der Waals surface area contributed by atoms with Gasteiger partial charge in [-0.15, -0.1) is 0 Å². The van der Waals surface area contributed by atoms with Crippen molar-refractivity contribution in [1.29, 1.82) is 0 Å². The molecule has 32 heavy (non-hydrogen) atoms. The van der Waals surface area contributed by atoms with Gasteiger partial charge in [-0.1, -0.05) is 49.2 Å². The first-order chi connectivity index (χ1) is 15.0. The molecule has 0 radical (unpaired) electrons. The van der Waals surface area contributed by atoms with Crippen LogP contribution < -0.4 is 0 Å². The fourth-order valence-corrected chi connectivity index (χ4v) is 4.96. The van der Waals surface area contributed by atoms with Gasteiger partial charge in [-0.2, -0.15) is 18.3 Å². The monoisotopic (exact) mass is 490 g/mol. The lowest BCUT2D eigenvalue weighted by molar-refractivity contribution is -0.142. The highest BCUT2D eigenvalue weighted by atomic mass is 35.5. The zero-order chi connectivity index (χ0) is 23.7. The predicted molar refractivity (Wildman–Crippen MR) is 119 cm³/mol. The number of amides is 1. The van der Waals surface area contributed by atoms with E-state index in [-0.39, 0.29) is 23.7 Å². The number of alkyl halides is 3. The van der Waals surface area contributed by atoms with Gasteiger partial charge < -0.3 is 4.90 Å². The van der Waals surface area contributed by atoms with E-state index < -0.39 is 16.9 Å². The minimum Gasteiger partial charge on any atom is -0.341 e. The molecule has 3 rings (SSSR count). The van der Waals surface area contributed by atoms with Gasteiger partial charge in [0.25, 0.3) is 0 Å². The molecule has 2 aromatic rings. The van der Waals surface area contributed by atoms with E-state index in [0.717, 1.165) is 23.3 Å². The molecule has 0 atom stereocenters. The van der Waals surface area contributed by atoms with Gasteiger partial charge in [0.15, 0.2) is 5.69 Å². The van der Waals surface area contributed by atoms with E-state index >= 15 is 0 Å². The largest absolute Gasteiger partial charge is 0.436 e. The Labute approximate surface area is 196 Å². The molecule has 10 heteroatoms. The van der Waals surface area contributed by atoms with Crippen LogP contribution in [0.2, 0.25) is 10.0 Å². The lowest BCUT2D eigenvalue weighted by Gasteiger charge is -2.49. The molecule has 2 heterocycles. The Bertz CT molecular complexity index is 947. The quantitative estimate of drug-likeness (QED) is 0.545. The molecule has 1 aromatic carbocycles. The van der Waals surface area contributed by atoms with Gasteiger partial charge >= 0.3 is 6.18 Å². The van der Waals surface area contributed by atoms with Crippen LogP contribution in [0.3, 0.4) is 0 Å². The molecule has 5 nitrogen and oxygen atoms in total. The third-order valence-corrected chi connectivity index (χ3v) is 7.09. The molecule has 1 aromatic heterocycles. The molecule has 1 amide bonds. The SMILES string of the molecule is CCN(CC)C1(c2ccc(Cl)cc2)CCN(C(=O)Cn2nc(C(F)(F)F)c(Cl)c2C)CC1. The van der Waals surface area contributed by atoms with Crippen molar-refractivity contribution in [2.75, 3.05) is 26.2 Å². The molecule has 1 fully saturated rings. The average Bonchev–Trinajstić information content (AvgIpc) is 3.04. The third-order valence-electron chi connectivity index (χ3n) is 6.38. The van der Waals surface area contributed by atoms with E-state index in [0.29, 0.717) is 31.0 Å². The summed E-state index contributed by atoms with van der Waals surface area (Å²) >= 11 is 11.9. The minimum atomic E-state index is -4.66. The highest BCUT2D eigenvalue weighted by Crippen LogP contribution is 2.39. The molecule has 1 saturated heterocycles.